The number of rotatable bonds is 7. The van der Waals surface area contributed by atoms with Gasteiger partial charge < -0.3 is 20.2 Å². The number of hydrogen-bond donors (Lipinski definition) is 2. The van der Waals surface area contributed by atoms with Gasteiger partial charge in [-0.2, -0.15) is 0 Å². The SMILES string of the molecule is CCCC(O)CNC(=O)c1ccc(N2CCN(CC)CC2)c(F)c1. The molecular formula is C18H28FN3O2. The van der Waals surface area contributed by atoms with Crippen molar-refractivity contribution in [3.8, 4) is 0 Å². The Kier molecular flexibility index (Phi) is 6.99. The first kappa shape index (κ1) is 18.7. The second kappa shape index (κ2) is 8.99. The lowest BCUT2D eigenvalue weighted by molar-refractivity contribution is 0.0909. The molecule has 1 aromatic carbocycles. The number of piperazine rings is 1. The van der Waals surface area contributed by atoms with Crippen LogP contribution in [-0.2, 0) is 0 Å². The molecule has 134 valence electrons. The highest BCUT2D eigenvalue weighted by Gasteiger charge is 2.19. The number of aliphatic hydroxyl groups excluding tert-OH is 1. The smallest absolute Gasteiger partial charge is 0.251 e. The molecule has 1 aliphatic heterocycles. The van der Waals surface area contributed by atoms with Gasteiger partial charge in [-0.25, -0.2) is 4.39 Å². The third-order valence-electron chi connectivity index (χ3n) is 4.49. The van der Waals surface area contributed by atoms with Gasteiger partial charge in [0.1, 0.15) is 5.82 Å². The summed E-state index contributed by atoms with van der Waals surface area (Å²) in [7, 11) is 0. The number of aliphatic hydroxyl groups is 1. The molecular weight excluding hydrogens is 309 g/mol. The zero-order valence-electron chi connectivity index (χ0n) is 14.6. The summed E-state index contributed by atoms with van der Waals surface area (Å²) in [6, 6.07) is 4.60. The average molecular weight is 337 g/mol. The number of carbonyl (C=O) groups is 1. The summed E-state index contributed by atoms with van der Waals surface area (Å²) in [6.07, 6.45) is 0.932. The summed E-state index contributed by atoms with van der Waals surface area (Å²) in [4.78, 5) is 16.4. The van der Waals surface area contributed by atoms with Gasteiger partial charge in [-0.05, 0) is 31.2 Å². The van der Waals surface area contributed by atoms with Crippen LogP contribution in [0.5, 0.6) is 0 Å². The minimum Gasteiger partial charge on any atom is -0.391 e. The Bertz CT molecular complexity index is 545. The zero-order valence-corrected chi connectivity index (χ0v) is 14.6. The van der Waals surface area contributed by atoms with Gasteiger partial charge >= 0.3 is 0 Å². The Morgan fingerprint density at radius 3 is 2.58 bits per heavy atom. The molecule has 1 aliphatic rings. The molecule has 0 aromatic heterocycles. The lowest BCUT2D eigenvalue weighted by atomic mass is 10.1. The van der Waals surface area contributed by atoms with E-state index >= 15 is 0 Å². The highest BCUT2D eigenvalue weighted by Crippen LogP contribution is 2.22. The number of anilines is 1. The molecule has 24 heavy (non-hydrogen) atoms. The van der Waals surface area contributed by atoms with Crippen molar-refractivity contribution in [2.24, 2.45) is 0 Å². The molecule has 1 heterocycles. The monoisotopic (exact) mass is 337 g/mol. The Labute approximate surface area is 143 Å². The summed E-state index contributed by atoms with van der Waals surface area (Å²) in [5, 5.41) is 12.3. The van der Waals surface area contributed by atoms with Crippen molar-refractivity contribution in [2.45, 2.75) is 32.8 Å². The molecule has 1 unspecified atom stereocenters. The van der Waals surface area contributed by atoms with E-state index in [1.54, 1.807) is 12.1 Å². The largest absolute Gasteiger partial charge is 0.391 e. The molecule has 2 rings (SSSR count). The molecule has 1 fully saturated rings. The van der Waals surface area contributed by atoms with Crippen molar-refractivity contribution >= 4 is 11.6 Å². The van der Waals surface area contributed by atoms with Gasteiger partial charge in [0.2, 0.25) is 0 Å². The van der Waals surface area contributed by atoms with Crippen LogP contribution >= 0.6 is 0 Å². The Morgan fingerprint density at radius 2 is 2.00 bits per heavy atom. The van der Waals surface area contributed by atoms with Gasteiger partial charge in [0.05, 0.1) is 11.8 Å². The van der Waals surface area contributed by atoms with Crippen LogP contribution in [0.3, 0.4) is 0 Å². The topological polar surface area (TPSA) is 55.8 Å². The van der Waals surface area contributed by atoms with Gasteiger partial charge in [0.15, 0.2) is 0 Å². The third-order valence-corrected chi connectivity index (χ3v) is 4.49. The number of amides is 1. The van der Waals surface area contributed by atoms with Crippen LogP contribution in [0, 0.1) is 5.82 Å². The first-order valence-electron chi connectivity index (χ1n) is 8.78. The maximum Gasteiger partial charge on any atom is 0.251 e. The Hall–Kier alpha value is -1.66. The number of likely N-dealkylation sites (N-methyl/N-ethyl adjacent to an activating group) is 1. The van der Waals surface area contributed by atoms with Crippen molar-refractivity contribution in [3.05, 3.63) is 29.6 Å². The second-order valence-corrected chi connectivity index (χ2v) is 6.24. The molecule has 0 radical (unpaired) electrons. The standard InChI is InChI=1S/C18H28FN3O2/c1-3-5-15(23)13-20-18(24)14-6-7-17(16(19)12-14)22-10-8-21(4-2)9-11-22/h6-7,12,15,23H,3-5,8-11,13H2,1-2H3,(H,20,24). The van der Waals surface area contributed by atoms with Crippen LogP contribution in [0.1, 0.15) is 37.0 Å². The fraction of sp³-hybridized carbons (Fsp3) is 0.611. The van der Waals surface area contributed by atoms with Crippen molar-refractivity contribution in [1.29, 1.82) is 0 Å². The first-order valence-corrected chi connectivity index (χ1v) is 8.78. The molecule has 2 N–H and O–H groups in total. The van der Waals surface area contributed by atoms with E-state index in [-0.39, 0.29) is 23.8 Å². The second-order valence-electron chi connectivity index (χ2n) is 6.24. The first-order chi connectivity index (χ1) is 11.5. The fourth-order valence-electron chi connectivity index (χ4n) is 2.96. The summed E-state index contributed by atoms with van der Waals surface area (Å²) < 4.78 is 14.4. The third kappa shape index (κ3) is 4.92. The number of nitrogens with zero attached hydrogens (tertiary/aromatic N) is 2. The number of halogens is 1. The predicted molar refractivity (Wildman–Crippen MR) is 94.0 cm³/mol. The highest BCUT2D eigenvalue weighted by atomic mass is 19.1. The van der Waals surface area contributed by atoms with Crippen LogP contribution < -0.4 is 10.2 Å². The minimum absolute atomic E-state index is 0.190. The van der Waals surface area contributed by atoms with Crippen molar-refractivity contribution in [3.63, 3.8) is 0 Å². The van der Waals surface area contributed by atoms with E-state index in [1.165, 1.54) is 6.07 Å². The maximum absolute atomic E-state index is 14.4. The van der Waals surface area contributed by atoms with Crippen molar-refractivity contribution in [2.75, 3.05) is 44.2 Å². The molecule has 1 amide bonds. The van der Waals surface area contributed by atoms with E-state index < -0.39 is 6.10 Å². The zero-order chi connectivity index (χ0) is 17.5. The maximum atomic E-state index is 14.4. The van der Waals surface area contributed by atoms with E-state index in [2.05, 4.69) is 17.1 Å². The number of nitrogens with one attached hydrogen (secondary N) is 1. The van der Waals surface area contributed by atoms with Gasteiger partial charge in [-0.1, -0.05) is 20.3 Å². The van der Waals surface area contributed by atoms with Crippen molar-refractivity contribution < 1.29 is 14.3 Å². The van der Waals surface area contributed by atoms with Gasteiger partial charge in [-0.15, -0.1) is 0 Å². The molecule has 0 saturated carbocycles. The van der Waals surface area contributed by atoms with Crippen LogP contribution in [0.25, 0.3) is 0 Å². The van der Waals surface area contributed by atoms with Gasteiger partial charge in [0.25, 0.3) is 5.91 Å². The predicted octanol–water partition coefficient (Wildman–Crippen LogP) is 1.86. The normalized spacial score (nSPS) is 16.9. The lowest BCUT2D eigenvalue weighted by Crippen LogP contribution is -2.46. The summed E-state index contributed by atoms with van der Waals surface area (Å²) in [5.41, 5.74) is 0.834. The quantitative estimate of drug-likeness (QED) is 0.797. The Morgan fingerprint density at radius 1 is 1.29 bits per heavy atom. The van der Waals surface area contributed by atoms with Crippen LogP contribution in [0.15, 0.2) is 18.2 Å². The molecule has 0 spiro atoms. The Balaban J connectivity index is 1.95. The summed E-state index contributed by atoms with van der Waals surface area (Å²) in [5.74, 6) is -0.729. The van der Waals surface area contributed by atoms with E-state index in [4.69, 9.17) is 0 Å². The molecule has 1 saturated heterocycles. The fourth-order valence-corrected chi connectivity index (χ4v) is 2.96. The summed E-state index contributed by atoms with van der Waals surface area (Å²) in [6.45, 7) is 8.73. The van der Waals surface area contributed by atoms with E-state index in [9.17, 15) is 14.3 Å². The molecule has 1 aromatic rings. The lowest BCUT2D eigenvalue weighted by Gasteiger charge is -2.35. The number of carbonyl (C=O) groups excluding carboxylic acids is 1. The van der Waals surface area contributed by atoms with E-state index in [0.29, 0.717) is 12.1 Å². The molecule has 0 aliphatic carbocycles. The summed E-state index contributed by atoms with van der Waals surface area (Å²) >= 11 is 0. The van der Waals surface area contributed by atoms with Gasteiger partial charge in [0, 0.05) is 38.3 Å². The van der Waals surface area contributed by atoms with E-state index in [0.717, 1.165) is 39.1 Å². The number of hydrogen-bond acceptors (Lipinski definition) is 4. The molecule has 6 heteroatoms. The molecule has 5 nitrogen and oxygen atoms in total. The van der Waals surface area contributed by atoms with Crippen molar-refractivity contribution in [1.82, 2.24) is 10.2 Å². The minimum atomic E-state index is -0.557. The van der Waals surface area contributed by atoms with Gasteiger partial charge in [-0.3, -0.25) is 4.79 Å². The van der Waals surface area contributed by atoms with Crippen LogP contribution in [0.2, 0.25) is 0 Å². The molecule has 1 atom stereocenters. The number of benzene rings is 1. The molecule has 0 bridgehead atoms. The average Bonchev–Trinajstić information content (AvgIpc) is 2.60. The van der Waals surface area contributed by atoms with Crippen LogP contribution in [0.4, 0.5) is 10.1 Å². The van der Waals surface area contributed by atoms with E-state index in [1.807, 2.05) is 11.8 Å². The highest BCUT2D eigenvalue weighted by molar-refractivity contribution is 5.94. The van der Waals surface area contributed by atoms with Crippen LogP contribution in [-0.4, -0.2) is 61.3 Å².